The van der Waals surface area contributed by atoms with E-state index in [1.165, 1.54) is 21.4 Å². The molecule has 2 rings (SSSR count). The maximum atomic E-state index is 11.8. The number of hydrogen-bond acceptors (Lipinski definition) is 4. The first-order chi connectivity index (χ1) is 12.1. The monoisotopic (exact) mass is 448 g/mol. The van der Waals surface area contributed by atoms with Gasteiger partial charge in [0.25, 0.3) is 0 Å². The summed E-state index contributed by atoms with van der Waals surface area (Å²) >= 11 is -3.26. The molecule has 0 fully saturated rings. The summed E-state index contributed by atoms with van der Waals surface area (Å²) in [7, 11) is 2.83. The van der Waals surface area contributed by atoms with Gasteiger partial charge in [-0.1, -0.05) is 0 Å². The molecule has 0 saturated carbocycles. The molecule has 0 aromatic heterocycles. The SMILES string of the molecule is COC(=O)C[CH2][Sn]([CH2]CC(=O)OC)([c]1ccccc1)[c]1ccccc1. The average molecular weight is 447 g/mol. The molecule has 132 valence electrons. The Bertz CT molecular complexity index is 624. The third kappa shape index (κ3) is 5.08. The number of rotatable bonds is 8. The summed E-state index contributed by atoms with van der Waals surface area (Å²) in [6.07, 6.45) is 0.745. The van der Waals surface area contributed by atoms with Crippen LogP contribution in [0.3, 0.4) is 0 Å². The second kappa shape index (κ2) is 9.61. The molecule has 0 radical (unpaired) electrons. The summed E-state index contributed by atoms with van der Waals surface area (Å²) in [5, 5.41) is 0. The van der Waals surface area contributed by atoms with Gasteiger partial charge in [-0.15, -0.1) is 0 Å². The van der Waals surface area contributed by atoms with Gasteiger partial charge in [-0.2, -0.15) is 0 Å². The van der Waals surface area contributed by atoms with E-state index in [1.807, 2.05) is 36.4 Å². The van der Waals surface area contributed by atoms with Gasteiger partial charge in [0.05, 0.1) is 0 Å². The molecule has 0 spiro atoms. The minimum absolute atomic E-state index is 0.203. The topological polar surface area (TPSA) is 52.6 Å². The van der Waals surface area contributed by atoms with Gasteiger partial charge in [0.1, 0.15) is 0 Å². The molecule has 2 aromatic rings. The Morgan fingerprint density at radius 3 is 1.40 bits per heavy atom. The Morgan fingerprint density at radius 2 is 1.08 bits per heavy atom. The summed E-state index contributed by atoms with van der Waals surface area (Å²) in [5.41, 5.74) is 0. The van der Waals surface area contributed by atoms with Gasteiger partial charge in [0.2, 0.25) is 0 Å². The summed E-state index contributed by atoms with van der Waals surface area (Å²) in [6, 6.07) is 20.6. The second-order valence-corrected chi connectivity index (χ2v) is 18.3. The van der Waals surface area contributed by atoms with Crippen LogP contribution in [0, 0.1) is 0 Å². The quantitative estimate of drug-likeness (QED) is 0.461. The normalized spacial score (nSPS) is 11.0. The predicted octanol–water partition coefficient (Wildman–Crippen LogP) is 2.38. The van der Waals surface area contributed by atoms with Crippen molar-refractivity contribution in [1.29, 1.82) is 0 Å². The molecule has 0 aliphatic rings. The summed E-state index contributed by atoms with van der Waals surface area (Å²) in [4.78, 5) is 23.7. The van der Waals surface area contributed by atoms with Crippen LogP contribution < -0.4 is 7.16 Å². The molecule has 5 heteroatoms. The van der Waals surface area contributed by atoms with Crippen molar-refractivity contribution in [2.45, 2.75) is 21.7 Å². The second-order valence-electron chi connectivity index (χ2n) is 5.97. The Hall–Kier alpha value is -1.82. The summed E-state index contributed by atoms with van der Waals surface area (Å²) in [6.45, 7) is 0. The number of esters is 2. The Kier molecular flexibility index (Phi) is 7.49. The van der Waals surface area contributed by atoms with Gasteiger partial charge in [0.15, 0.2) is 0 Å². The van der Waals surface area contributed by atoms with Gasteiger partial charge in [0, 0.05) is 0 Å². The van der Waals surface area contributed by atoms with Crippen LogP contribution in [0.2, 0.25) is 8.87 Å². The van der Waals surface area contributed by atoms with Crippen LogP contribution in [-0.4, -0.2) is 44.5 Å². The first-order valence-electron chi connectivity index (χ1n) is 8.37. The van der Waals surface area contributed by atoms with E-state index in [1.54, 1.807) is 0 Å². The number of benzene rings is 2. The number of carbonyl (C=O) groups is 2. The van der Waals surface area contributed by atoms with Crippen molar-refractivity contribution < 1.29 is 19.1 Å². The summed E-state index contributed by atoms with van der Waals surface area (Å²) < 4.78 is 13.9. The van der Waals surface area contributed by atoms with Gasteiger partial charge >= 0.3 is 153 Å². The van der Waals surface area contributed by atoms with Crippen molar-refractivity contribution in [3.05, 3.63) is 60.7 Å². The third-order valence-electron chi connectivity index (χ3n) is 4.62. The van der Waals surface area contributed by atoms with E-state index in [4.69, 9.17) is 9.47 Å². The van der Waals surface area contributed by atoms with Gasteiger partial charge in [-0.3, -0.25) is 0 Å². The van der Waals surface area contributed by atoms with Crippen molar-refractivity contribution in [1.82, 2.24) is 0 Å². The zero-order chi connectivity index (χ0) is 18.1. The van der Waals surface area contributed by atoms with Gasteiger partial charge < -0.3 is 0 Å². The summed E-state index contributed by atoms with van der Waals surface area (Å²) in [5.74, 6) is -0.406. The molecule has 2 aromatic carbocycles. The third-order valence-corrected chi connectivity index (χ3v) is 19.1. The molecule has 0 bridgehead atoms. The zero-order valence-electron chi connectivity index (χ0n) is 14.7. The Labute approximate surface area is 153 Å². The number of carbonyl (C=O) groups excluding carboxylic acids is 2. The average Bonchev–Trinajstić information content (AvgIpc) is 2.69. The van der Waals surface area contributed by atoms with E-state index in [-0.39, 0.29) is 11.9 Å². The van der Waals surface area contributed by atoms with Crippen LogP contribution in [0.25, 0.3) is 0 Å². The molecule has 0 heterocycles. The van der Waals surface area contributed by atoms with E-state index in [0.29, 0.717) is 12.8 Å². The minimum atomic E-state index is -3.26. The van der Waals surface area contributed by atoms with E-state index < -0.39 is 18.4 Å². The van der Waals surface area contributed by atoms with E-state index in [9.17, 15) is 9.59 Å². The van der Waals surface area contributed by atoms with Crippen LogP contribution in [0.1, 0.15) is 12.8 Å². The molecule has 4 nitrogen and oxygen atoms in total. The fraction of sp³-hybridized carbons (Fsp3) is 0.300. The first kappa shape index (κ1) is 19.5. The molecule has 0 saturated heterocycles. The van der Waals surface area contributed by atoms with Crippen LogP contribution >= 0.6 is 0 Å². The van der Waals surface area contributed by atoms with Crippen molar-refractivity contribution in [2.75, 3.05) is 14.2 Å². The molecule has 25 heavy (non-hydrogen) atoms. The molecular weight excluding hydrogens is 423 g/mol. The molecule has 0 aliphatic carbocycles. The molecule has 0 unspecified atom stereocenters. The fourth-order valence-corrected chi connectivity index (χ4v) is 16.5. The van der Waals surface area contributed by atoms with Crippen molar-refractivity contribution in [3.8, 4) is 0 Å². The maximum absolute atomic E-state index is 11.8. The molecule has 0 N–H and O–H groups in total. The van der Waals surface area contributed by atoms with E-state index in [0.717, 1.165) is 8.87 Å². The van der Waals surface area contributed by atoms with Crippen LogP contribution in [0.15, 0.2) is 60.7 Å². The standard InChI is InChI=1S/2C6H5.2C4H7O2.Sn/c2*1-2-4-6-5-3-1;2*1-3-4(5)6-2;/h2*1-5H;2*1,3H2,2H3;. The van der Waals surface area contributed by atoms with Gasteiger partial charge in [-0.25, -0.2) is 0 Å². The van der Waals surface area contributed by atoms with Crippen LogP contribution in [-0.2, 0) is 19.1 Å². The van der Waals surface area contributed by atoms with Gasteiger partial charge in [-0.05, 0) is 0 Å². The zero-order valence-corrected chi connectivity index (χ0v) is 17.6. The van der Waals surface area contributed by atoms with Crippen molar-refractivity contribution in [3.63, 3.8) is 0 Å². The molecular formula is C20H24O4Sn. The molecule has 0 atom stereocenters. The van der Waals surface area contributed by atoms with Crippen LogP contribution in [0.5, 0.6) is 0 Å². The van der Waals surface area contributed by atoms with Crippen molar-refractivity contribution >= 4 is 37.5 Å². The fourth-order valence-electron chi connectivity index (χ4n) is 3.22. The Balaban J connectivity index is 2.47. The van der Waals surface area contributed by atoms with Crippen LogP contribution in [0.4, 0.5) is 0 Å². The Morgan fingerprint density at radius 1 is 0.720 bits per heavy atom. The van der Waals surface area contributed by atoms with Crippen molar-refractivity contribution in [2.24, 2.45) is 0 Å². The number of ether oxygens (including phenoxy) is 2. The first-order valence-corrected chi connectivity index (χ1v) is 15.3. The molecule has 0 aliphatic heterocycles. The number of hydrogen-bond donors (Lipinski definition) is 0. The number of methoxy groups -OCH3 is 2. The predicted molar refractivity (Wildman–Crippen MR) is 101 cm³/mol. The van der Waals surface area contributed by atoms with E-state index >= 15 is 0 Å². The molecule has 0 amide bonds. The van der Waals surface area contributed by atoms with E-state index in [2.05, 4.69) is 24.3 Å².